The maximum absolute atomic E-state index is 12.8. The summed E-state index contributed by atoms with van der Waals surface area (Å²) >= 11 is 0. The van der Waals surface area contributed by atoms with Crippen molar-refractivity contribution in [2.45, 2.75) is 141 Å². The average molecular weight is 459 g/mol. The second kappa shape index (κ2) is 8.38. The van der Waals surface area contributed by atoms with Gasteiger partial charge in [-0.1, -0.05) is 41.5 Å². The van der Waals surface area contributed by atoms with Crippen LogP contribution >= 0.6 is 0 Å². The molecule has 1 heterocycles. The Morgan fingerprint density at radius 3 is 1.67 bits per heavy atom. The van der Waals surface area contributed by atoms with Crippen molar-refractivity contribution in [2.24, 2.45) is 0 Å². The molecule has 1 aliphatic carbocycles. The molecule has 1 saturated heterocycles. The molecule has 2 fully saturated rings. The third-order valence-corrected chi connectivity index (χ3v) is 16.5. The molecule has 0 radical (unpaired) electrons. The molecule has 0 amide bonds. The Balaban J connectivity index is 2.39. The fourth-order valence-corrected chi connectivity index (χ4v) is 6.34. The van der Waals surface area contributed by atoms with Crippen molar-refractivity contribution >= 4 is 22.4 Å². The van der Waals surface area contributed by atoms with Crippen LogP contribution in [0.5, 0.6) is 0 Å². The predicted octanol–water partition coefficient (Wildman–Crippen LogP) is 6.04. The van der Waals surface area contributed by atoms with Crippen LogP contribution in [0.1, 0.15) is 74.7 Å². The number of fused-ring (bicyclic) bond motifs is 1. The second-order valence-electron chi connectivity index (χ2n) is 12.7. The highest BCUT2D eigenvalue weighted by molar-refractivity contribution is 6.74. The van der Waals surface area contributed by atoms with Gasteiger partial charge in [-0.2, -0.15) is 0 Å². The number of Topliss-reactive ketones (excluding diaryl/α,β-unsaturated/α-hetero) is 1. The van der Waals surface area contributed by atoms with Crippen LogP contribution in [-0.2, 0) is 23.1 Å². The smallest absolute Gasteiger partial charge is 0.192 e. The first-order valence-electron chi connectivity index (χ1n) is 11.5. The van der Waals surface area contributed by atoms with E-state index in [4.69, 9.17) is 18.3 Å². The molecule has 1 aliphatic heterocycles. The molecule has 5 nitrogen and oxygen atoms in total. The van der Waals surface area contributed by atoms with Gasteiger partial charge in [0.2, 0.25) is 0 Å². The summed E-state index contributed by atoms with van der Waals surface area (Å²) in [6, 6.07) is 0. The number of carbonyl (C=O) groups excluding carboxylic acids is 1. The van der Waals surface area contributed by atoms with Gasteiger partial charge in [0, 0.05) is 12.8 Å². The summed E-state index contributed by atoms with van der Waals surface area (Å²) in [5, 5.41) is 0.140. The highest BCUT2D eigenvalue weighted by Gasteiger charge is 2.54. The van der Waals surface area contributed by atoms with Crippen molar-refractivity contribution in [1.82, 2.24) is 0 Å². The van der Waals surface area contributed by atoms with E-state index in [1.807, 2.05) is 13.8 Å². The van der Waals surface area contributed by atoms with Crippen LogP contribution in [0.4, 0.5) is 0 Å². The van der Waals surface area contributed by atoms with Crippen LogP contribution in [0.2, 0.25) is 36.3 Å². The summed E-state index contributed by atoms with van der Waals surface area (Å²) in [7, 11) is -4.12. The minimum Gasteiger partial charge on any atom is -0.411 e. The first-order chi connectivity index (χ1) is 13.3. The van der Waals surface area contributed by atoms with Gasteiger partial charge in [-0.15, -0.1) is 0 Å². The molecule has 0 aromatic rings. The summed E-state index contributed by atoms with van der Waals surface area (Å²) in [5.74, 6) is -0.485. The fourth-order valence-electron chi connectivity index (χ4n) is 3.65. The van der Waals surface area contributed by atoms with Crippen molar-refractivity contribution in [3.8, 4) is 0 Å². The lowest BCUT2D eigenvalue weighted by Gasteiger charge is -2.44. The number of ketones is 1. The van der Waals surface area contributed by atoms with Gasteiger partial charge < -0.3 is 18.3 Å². The summed E-state index contributed by atoms with van der Waals surface area (Å²) in [5.41, 5.74) is 0. The Bertz CT molecular complexity index is 630. The van der Waals surface area contributed by atoms with E-state index in [2.05, 4.69) is 67.7 Å². The lowest BCUT2D eigenvalue weighted by Crippen LogP contribution is -2.55. The summed E-state index contributed by atoms with van der Waals surface area (Å²) in [4.78, 5) is 12.8. The second-order valence-corrected chi connectivity index (χ2v) is 22.2. The molecule has 2 rings (SSSR count). The van der Waals surface area contributed by atoms with Gasteiger partial charge in [0.1, 0.15) is 18.0 Å². The van der Waals surface area contributed by atoms with Crippen LogP contribution < -0.4 is 0 Å². The van der Waals surface area contributed by atoms with E-state index in [0.717, 1.165) is 0 Å². The van der Waals surface area contributed by atoms with Crippen molar-refractivity contribution < 1.29 is 23.1 Å². The third-order valence-electron chi connectivity index (χ3n) is 7.54. The molecule has 176 valence electrons. The molecule has 0 aromatic heterocycles. The molecule has 0 bridgehead atoms. The quantitative estimate of drug-likeness (QED) is 0.481. The van der Waals surface area contributed by atoms with Crippen LogP contribution in [-0.4, -0.2) is 52.6 Å². The lowest BCUT2D eigenvalue weighted by molar-refractivity contribution is -0.159. The van der Waals surface area contributed by atoms with Crippen LogP contribution in [0.25, 0.3) is 0 Å². The van der Waals surface area contributed by atoms with Gasteiger partial charge in [-0.05, 0) is 56.5 Å². The number of hydrogen-bond donors (Lipinski definition) is 0. The molecule has 0 unspecified atom stereocenters. The van der Waals surface area contributed by atoms with Gasteiger partial charge in [0.05, 0.1) is 12.2 Å². The van der Waals surface area contributed by atoms with Crippen LogP contribution in [0.15, 0.2) is 0 Å². The van der Waals surface area contributed by atoms with E-state index in [0.29, 0.717) is 19.3 Å². The monoisotopic (exact) mass is 458 g/mol. The van der Waals surface area contributed by atoms with E-state index in [1.54, 1.807) is 0 Å². The van der Waals surface area contributed by atoms with Crippen LogP contribution in [0, 0.1) is 0 Å². The number of ether oxygens (including phenoxy) is 2. The molecule has 4 atom stereocenters. The first-order valence-corrected chi connectivity index (χ1v) is 17.3. The third kappa shape index (κ3) is 5.84. The fraction of sp³-hybridized carbons (Fsp3) is 0.957. The molecule has 2 aliphatic rings. The standard InChI is InChI=1S/C23H46O5Si2/c1-21(2,3)29(9,10)27-17-14-13-16(24)15-18(28-30(11,12)22(4,5)6)20-19(17)25-23(7,8)26-20/h17-20H,13-15H2,1-12H3/t17-,18-,19-,20-/m1/s1. The molecule has 0 spiro atoms. The maximum atomic E-state index is 12.8. The van der Waals surface area contributed by atoms with Crippen LogP contribution in [0.3, 0.4) is 0 Å². The average Bonchev–Trinajstić information content (AvgIpc) is 2.83. The molecule has 0 N–H and O–H groups in total. The van der Waals surface area contributed by atoms with Crippen molar-refractivity contribution in [2.75, 3.05) is 0 Å². The zero-order valence-electron chi connectivity index (χ0n) is 21.5. The zero-order valence-corrected chi connectivity index (χ0v) is 23.5. The Labute approximate surface area is 186 Å². The van der Waals surface area contributed by atoms with E-state index in [9.17, 15) is 4.79 Å². The maximum Gasteiger partial charge on any atom is 0.192 e. The van der Waals surface area contributed by atoms with E-state index < -0.39 is 22.4 Å². The highest BCUT2D eigenvalue weighted by Crippen LogP contribution is 2.44. The number of hydrogen-bond acceptors (Lipinski definition) is 5. The Hall–Kier alpha value is -0.0562. The minimum atomic E-state index is -2.09. The molecule has 30 heavy (non-hydrogen) atoms. The van der Waals surface area contributed by atoms with E-state index >= 15 is 0 Å². The van der Waals surface area contributed by atoms with Gasteiger partial charge in [0.25, 0.3) is 0 Å². The van der Waals surface area contributed by atoms with Gasteiger partial charge >= 0.3 is 0 Å². The molecular weight excluding hydrogens is 412 g/mol. The zero-order chi connectivity index (χ0) is 23.3. The molecule has 0 aromatic carbocycles. The highest BCUT2D eigenvalue weighted by atomic mass is 28.4. The van der Waals surface area contributed by atoms with Crippen molar-refractivity contribution in [1.29, 1.82) is 0 Å². The Morgan fingerprint density at radius 1 is 0.833 bits per heavy atom. The Morgan fingerprint density at radius 2 is 1.23 bits per heavy atom. The molecule has 1 saturated carbocycles. The Kier molecular flexibility index (Phi) is 7.31. The summed E-state index contributed by atoms with van der Waals surface area (Å²) in [6.45, 7) is 26.3. The summed E-state index contributed by atoms with van der Waals surface area (Å²) in [6.07, 6.45) is 0.594. The summed E-state index contributed by atoms with van der Waals surface area (Å²) < 4.78 is 26.4. The van der Waals surface area contributed by atoms with Gasteiger partial charge in [0.15, 0.2) is 22.4 Å². The lowest BCUT2D eigenvalue weighted by atomic mass is 9.91. The molecule has 7 heteroatoms. The van der Waals surface area contributed by atoms with E-state index in [1.165, 1.54) is 0 Å². The van der Waals surface area contributed by atoms with Crippen molar-refractivity contribution in [3.63, 3.8) is 0 Å². The molecular formula is C23H46O5Si2. The SMILES string of the molecule is CC1(C)O[C@H]2[C@H](O1)[C@H](O[Si](C)(C)C(C)(C)C)CC(=O)CC[C@H]2O[Si](C)(C)C(C)(C)C. The predicted molar refractivity (Wildman–Crippen MR) is 127 cm³/mol. The number of carbonyl (C=O) groups is 1. The number of rotatable bonds is 4. The normalized spacial score (nSPS) is 31.3. The van der Waals surface area contributed by atoms with E-state index in [-0.39, 0.29) is 40.3 Å². The van der Waals surface area contributed by atoms with Gasteiger partial charge in [-0.3, -0.25) is 4.79 Å². The van der Waals surface area contributed by atoms with Gasteiger partial charge in [-0.25, -0.2) is 0 Å². The minimum absolute atomic E-state index is 0.0555. The largest absolute Gasteiger partial charge is 0.411 e. The topological polar surface area (TPSA) is 54.0 Å². The first kappa shape index (κ1) is 26.2. The van der Waals surface area contributed by atoms with Crippen molar-refractivity contribution in [3.05, 3.63) is 0 Å².